The first-order valence-corrected chi connectivity index (χ1v) is 12.1. The Morgan fingerprint density at radius 1 is 1.03 bits per heavy atom. The molecule has 1 saturated heterocycles. The lowest BCUT2D eigenvalue weighted by atomic mass is 10.1. The van der Waals surface area contributed by atoms with E-state index >= 15 is 0 Å². The normalized spacial score (nSPS) is 16.9. The van der Waals surface area contributed by atoms with Crippen LogP contribution in [0.25, 0.3) is 10.9 Å². The number of nitrogens with zero attached hydrogens (tertiary/aromatic N) is 4. The average molecular weight is 457 g/mol. The Hall–Kier alpha value is -3.29. The van der Waals surface area contributed by atoms with Gasteiger partial charge in [0.15, 0.2) is 0 Å². The van der Waals surface area contributed by atoms with E-state index in [1.807, 2.05) is 36.4 Å². The fourth-order valence-electron chi connectivity index (χ4n) is 4.51. The van der Waals surface area contributed by atoms with Crippen molar-refractivity contribution in [2.24, 2.45) is 5.92 Å². The molecule has 1 saturated carbocycles. The van der Waals surface area contributed by atoms with Crippen LogP contribution >= 0.6 is 0 Å². The fraction of sp³-hybridized carbons (Fsp3) is 0.370. The zero-order valence-electron chi connectivity index (χ0n) is 19.5. The molecule has 34 heavy (non-hydrogen) atoms. The third kappa shape index (κ3) is 5.79. The molecule has 2 heterocycles. The summed E-state index contributed by atoms with van der Waals surface area (Å²) in [7, 11) is 0. The van der Waals surface area contributed by atoms with Gasteiger partial charge in [0.25, 0.3) is 0 Å². The van der Waals surface area contributed by atoms with Gasteiger partial charge in [-0.2, -0.15) is 0 Å². The summed E-state index contributed by atoms with van der Waals surface area (Å²) >= 11 is 0. The summed E-state index contributed by atoms with van der Waals surface area (Å²) < 4.78 is 0. The summed E-state index contributed by atoms with van der Waals surface area (Å²) in [6, 6.07) is 13.9. The number of hydrogen-bond acceptors (Lipinski definition) is 6. The molecule has 1 amide bonds. The van der Waals surface area contributed by atoms with Gasteiger partial charge in [-0.15, -0.1) is 6.58 Å². The number of nitrogens with one attached hydrogen (secondary N) is 2. The lowest BCUT2D eigenvalue weighted by molar-refractivity contribution is -0.117. The van der Waals surface area contributed by atoms with Crippen LogP contribution in [0.5, 0.6) is 0 Å². The fourth-order valence-corrected chi connectivity index (χ4v) is 4.51. The predicted molar refractivity (Wildman–Crippen MR) is 137 cm³/mol. The Morgan fingerprint density at radius 2 is 1.85 bits per heavy atom. The third-order valence-corrected chi connectivity index (χ3v) is 6.53. The van der Waals surface area contributed by atoms with E-state index in [4.69, 9.17) is 0 Å². The monoisotopic (exact) mass is 456 g/mol. The minimum atomic E-state index is 0.0125. The molecule has 0 spiro atoms. The molecule has 0 radical (unpaired) electrons. The number of allylic oxidation sites excluding steroid dienone is 1. The molecule has 3 aromatic rings. The number of carbonyl (C=O) groups is 1. The first-order valence-electron chi connectivity index (χ1n) is 12.1. The van der Waals surface area contributed by atoms with Crippen molar-refractivity contribution in [3.8, 4) is 0 Å². The van der Waals surface area contributed by atoms with Crippen LogP contribution in [-0.4, -0.2) is 64.9 Å². The van der Waals surface area contributed by atoms with Gasteiger partial charge in [0.1, 0.15) is 12.1 Å². The molecule has 2 aromatic carbocycles. The standard InChI is InChI=1S/C27H32N6O/c1-2-4-20-5-3-6-22(15-20)31-27-24-16-23(9-10-25(24)28-19-29-27)30-26(34)18-33-13-11-32(12-14-33)17-21-7-8-21/h2-3,5-6,9-10,15-16,19,21H,1,4,7-8,11-14,17-18H2,(H,30,34)(H,28,29,31). The number of hydrogen-bond donors (Lipinski definition) is 2. The van der Waals surface area contributed by atoms with Crippen molar-refractivity contribution in [2.75, 3.05) is 49.9 Å². The van der Waals surface area contributed by atoms with Crippen LogP contribution in [0, 0.1) is 5.92 Å². The molecule has 2 aliphatic rings. The molecular formula is C27H32N6O. The number of piperazine rings is 1. The van der Waals surface area contributed by atoms with Crippen LogP contribution in [0.2, 0.25) is 0 Å². The molecule has 7 heteroatoms. The summed E-state index contributed by atoms with van der Waals surface area (Å²) in [6.07, 6.45) is 7.03. The first-order chi connectivity index (χ1) is 16.7. The van der Waals surface area contributed by atoms with Crippen molar-refractivity contribution in [2.45, 2.75) is 19.3 Å². The Labute approximate surface area is 200 Å². The predicted octanol–water partition coefficient (Wildman–Crippen LogP) is 4.07. The van der Waals surface area contributed by atoms with Gasteiger partial charge in [-0.1, -0.05) is 18.2 Å². The van der Waals surface area contributed by atoms with E-state index in [1.165, 1.54) is 24.9 Å². The van der Waals surface area contributed by atoms with Crippen LogP contribution in [0.3, 0.4) is 0 Å². The SMILES string of the molecule is C=CCc1cccc(Nc2ncnc3ccc(NC(=O)CN4CCN(CC5CC5)CC4)cc23)c1. The summed E-state index contributed by atoms with van der Waals surface area (Å²) in [5.74, 6) is 1.64. The second-order valence-electron chi connectivity index (χ2n) is 9.34. The van der Waals surface area contributed by atoms with E-state index in [0.717, 1.165) is 60.8 Å². The highest BCUT2D eigenvalue weighted by atomic mass is 16.2. The molecular weight excluding hydrogens is 424 g/mol. The number of anilines is 3. The Morgan fingerprint density at radius 3 is 2.65 bits per heavy atom. The van der Waals surface area contributed by atoms with Gasteiger partial charge in [0.2, 0.25) is 5.91 Å². The van der Waals surface area contributed by atoms with Crippen LogP contribution in [0.1, 0.15) is 18.4 Å². The molecule has 0 unspecified atom stereocenters. The second-order valence-corrected chi connectivity index (χ2v) is 9.34. The quantitative estimate of drug-likeness (QED) is 0.473. The molecule has 1 aromatic heterocycles. The Bertz CT molecular complexity index is 1170. The smallest absolute Gasteiger partial charge is 0.238 e. The molecule has 1 aliphatic carbocycles. The van der Waals surface area contributed by atoms with Crippen molar-refractivity contribution in [1.82, 2.24) is 19.8 Å². The number of aromatic nitrogens is 2. The van der Waals surface area contributed by atoms with Crippen molar-refractivity contribution < 1.29 is 4.79 Å². The Balaban J connectivity index is 1.23. The van der Waals surface area contributed by atoms with Gasteiger partial charge in [-0.05, 0) is 61.1 Å². The number of carbonyl (C=O) groups excluding carboxylic acids is 1. The van der Waals surface area contributed by atoms with Crippen LogP contribution in [0.15, 0.2) is 61.4 Å². The van der Waals surface area contributed by atoms with Crippen LogP contribution < -0.4 is 10.6 Å². The van der Waals surface area contributed by atoms with Gasteiger partial charge < -0.3 is 15.5 Å². The zero-order valence-corrected chi connectivity index (χ0v) is 19.5. The molecule has 2 fully saturated rings. The van der Waals surface area contributed by atoms with Crippen molar-refractivity contribution in [1.29, 1.82) is 0 Å². The van der Waals surface area contributed by atoms with Crippen molar-refractivity contribution in [3.05, 3.63) is 67.0 Å². The molecule has 7 nitrogen and oxygen atoms in total. The Kier molecular flexibility index (Phi) is 6.83. The van der Waals surface area contributed by atoms with Gasteiger partial charge in [0, 0.05) is 49.5 Å². The van der Waals surface area contributed by atoms with E-state index < -0.39 is 0 Å². The summed E-state index contributed by atoms with van der Waals surface area (Å²) in [5.41, 5.74) is 3.71. The third-order valence-electron chi connectivity index (χ3n) is 6.53. The first kappa shape index (κ1) is 22.5. The van der Waals surface area contributed by atoms with E-state index in [1.54, 1.807) is 6.33 Å². The molecule has 2 N–H and O–H groups in total. The highest BCUT2D eigenvalue weighted by Crippen LogP contribution is 2.30. The molecule has 176 valence electrons. The number of benzene rings is 2. The maximum Gasteiger partial charge on any atom is 0.238 e. The summed E-state index contributed by atoms with van der Waals surface area (Å²) in [5, 5.41) is 7.33. The lowest BCUT2D eigenvalue weighted by Crippen LogP contribution is -2.49. The number of amides is 1. The van der Waals surface area contributed by atoms with Gasteiger partial charge >= 0.3 is 0 Å². The highest BCUT2D eigenvalue weighted by Gasteiger charge is 2.26. The van der Waals surface area contributed by atoms with Gasteiger partial charge in [-0.3, -0.25) is 9.69 Å². The van der Waals surface area contributed by atoms with E-state index in [9.17, 15) is 4.79 Å². The maximum absolute atomic E-state index is 12.7. The van der Waals surface area contributed by atoms with Gasteiger partial charge in [0.05, 0.1) is 12.1 Å². The van der Waals surface area contributed by atoms with E-state index in [2.05, 4.69) is 49.1 Å². The van der Waals surface area contributed by atoms with Crippen molar-refractivity contribution >= 4 is 34.0 Å². The number of rotatable bonds is 9. The average Bonchev–Trinajstić information content (AvgIpc) is 3.65. The minimum absolute atomic E-state index is 0.0125. The number of fused-ring (bicyclic) bond motifs is 1. The summed E-state index contributed by atoms with van der Waals surface area (Å²) in [4.78, 5) is 26.4. The summed E-state index contributed by atoms with van der Waals surface area (Å²) in [6.45, 7) is 9.47. The van der Waals surface area contributed by atoms with E-state index in [-0.39, 0.29) is 5.91 Å². The van der Waals surface area contributed by atoms with Crippen molar-refractivity contribution in [3.63, 3.8) is 0 Å². The van der Waals surface area contributed by atoms with Gasteiger partial charge in [-0.25, -0.2) is 9.97 Å². The largest absolute Gasteiger partial charge is 0.340 e. The zero-order chi connectivity index (χ0) is 23.3. The van der Waals surface area contributed by atoms with E-state index in [0.29, 0.717) is 12.4 Å². The highest BCUT2D eigenvalue weighted by molar-refractivity contribution is 5.97. The topological polar surface area (TPSA) is 73.4 Å². The lowest BCUT2D eigenvalue weighted by Gasteiger charge is -2.34. The molecule has 0 bridgehead atoms. The molecule has 1 aliphatic heterocycles. The minimum Gasteiger partial charge on any atom is -0.340 e. The van der Waals surface area contributed by atoms with Crippen LogP contribution in [-0.2, 0) is 11.2 Å². The maximum atomic E-state index is 12.7. The van der Waals surface area contributed by atoms with Crippen LogP contribution in [0.4, 0.5) is 17.2 Å². The molecule has 0 atom stereocenters. The second kappa shape index (κ2) is 10.3. The molecule has 5 rings (SSSR count).